The third-order valence-corrected chi connectivity index (χ3v) is 1.90. The van der Waals surface area contributed by atoms with Gasteiger partial charge in [0.25, 0.3) is 5.92 Å². The molecule has 0 aromatic rings. The molecule has 1 saturated heterocycles. The van der Waals surface area contributed by atoms with Gasteiger partial charge in [-0.1, -0.05) is 6.92 Å². The van der Waals surface area contributed by atoms with Crippen LogP contribution in [0.5, 0.6) is 0 Å². The number of allylic oxidation sites excluding steroid dienone is 1. The number of halogens is 2. The zero-order chi connectivity index (χ0) is 10.6. The Kier molecular flexibility index (Phi) is 3.69. The Morgan fingerprint density at radius 3 is 2.64 bits per heavy atom. The molecule has 82 valence electrons. The first-order valence-electron chi connectivity index (χ1n) is 4.75. The lowest BCUT2D eigenvalue weighted by Crippen LogP contribution is -2.55. The van der Waals surface area contributed by atoms with E-state index in [1.165, 1.54) is 4.90 Å². The van der Waals surface area contributed by atoms with E-state index >= 15 is 0 Å². The Labute approximate surface area is 82.5 Å². The summed E-state index contributed by atoms with van der Waals surface area (Å²) in [5.41, 5.74) is 5.27. The summed E-state index contributed by atoms with van der Waals surface area (Å²) >= 11 is 0. The molecule has 2 N–H and O–H groups in total. The summed E-state index contributed by atoms with van der Waals surface area (Å²) in [6.07, 6.45) is 2.56. The number of alkyl halides is 2. The molecule has 0 aliphatic carbocycles. The van der Waals surface area contributed by atoms with Crippen LogP contribution in [0, 0.1) is 0 Å². The summed E-state index contributed by atoms with van der Waals surface area (Å²) in [5, 5.41) is 0. The number of nitrogens with zero attached hydrogens (tertiary/aromatic N) is 1. The maximum Gasteiger partial charge on any atom is 0.282 e. The van der Waals surface area contributed by atoms with E-state index in [9.17, 15) is 8.78 Å². The number of ether oxygens (including phenoxy) is 1. The zero-order valence-electron chi connectivity index (χ0n) is 8.30. The van der Waals surface area contributed by atoms with Crippen molar-refractivity contribution in [3.8, 4) is 0 Å². The van der Waals surface area contributed by atoms with Gasteiger partial charge in [-0.2, -0.15) is 0 Å². The highest BCUT2D eigenvalue weighted by Crippen LogP contribution is 2.30. The van der Waals surface area contributed by atoms with Crippen LogP contribution in [0.15, 0.2) is 12.0 Å². The molecule has 0 aromatic heterocycles. The molecular formula is C9H16F2N2O. The molecule has 1 aliphatic heterocycles. The second-order valence-electron chi connectivity index (χ2n) is 3.30. The van der Waals surface area contributed by atoms with E-state index in [4.69, 9.17) is 10.5 Å². The molecular weight excluding hydrogens is 190 g/mol. The minimum atomic E-state index is -2.56. The summed E-state index contributed by atoms with van der Waals surface area (Å²) in [6, 6.07) is 0. The number of likely N-dealkylation sites (tertiary alicyclic amines) is 1. The van der Waals surface area contributed by atoms with E-state index in [-0.39, 0.29) is 13.1 Å². The molecule has 3 nitrogen and oxygen atoms in total. The summed E-state index contributed by atoms with van der Waals surface area (Å²) in [5.74, 6) is -2.03. The molecule has 14 heavy (non-hydrogen) atoms. The zero-order valence-corrected chi connectivity index (χ0v) is 8.30. The fourth-order valence-corrected chi connectivity index (χ4v) is 1.29. The van der Waals surface area contributed by atoms with E-state index in [1.54, 1.807) is 6.08 Å². The first-order valence-corrected chi connectivity index (χ1v) is 4.75. The van der Waals surface area contributed by atoms with Crippen LogP contribution in [0.25, 0.3) is 0 Å². The third-order valence-electron chi connectivity index (χ3n) is 1.90. The van der Waals surface area contributed by atoms with Crippen molar-refractivity contribution in [1.29, 1.82) is 0 Å². The van der Waals surface area contributed by atoms with E-state index in [2.05, 4.69) is 0 Å². The Balaban J connectivity index is 2.41. The lowest BCUT2D eigenvalue weighted by molar-refractivity contribution is -0.135. The van der Waals surface area contributed by atoms with Gasteiger partial charge in [0, 0.05) is 6.54 Å². The Hall–Kier alpha value is -0.840. The standard InChI is InChI=1S/C9H16F2N2O/c1-2-3-8(14-5-4-12)13-6-9(10,11)7-13/h3H,2,4-7,12H2,1H3/b8-3-. The van der Waals surface area contributed by atoms with Gasteiger partial charge < -0.3 is 15.4 Å². The van der Waals surface area contributed by atoms with E-state index < -0.39 is 5.92 Å². The summed E-state index contributed by atoms with van der Waals surface area (Å²) < 4.78 is 30.4. The molecule has 5 heteroatoms. The average Bonchev–Trinajstić information content (AvgIpc) is 2.08. The van der Waals surface area contributed by atoms with Crippen molar-refractivity contribution in [2.24, 2.45) is 5.73 Å². The molecule has 0 saturated carbocycles. The summed E-state index contributed by atoms with van der Waals surface area (Å²) in [6.45, 7) is 2.20. The molecule has 0 amide bonds. The van der Waals surface area contributed by atoms with Gasteiger partial charge in [0.2, 0.25) is 0 Å². The fraction of sp³-hybridized carbons (Fsp3) is 0.778. The van der Waals surface area contributed by atoms with Crippen molar-refractivity contribution in [3.05, 3.63) is 12.0 Å². The highest BCUT2D eigenvalue weighted by molar-refractivity contribution is 5.02. The van der Waals surface area contributed by atoms with Crippen molar-refractivity contribution in [3.63, 3.8) is 0 Å². The van der Waals surface area contributed by atoms with Gasteiger partial charge in [0.1, 0.15) is 6.61 Å². The Morgan fingerprint density at radius 1 is 1.57 bits per heavy atom. The first-order chi connectivity index (χ1) is 6.59. The van der Waals surface area contributed by atoms with Gasteiger partial charge in [0.15, 0.2) is 5.88 Å². The van der Waals surface area contributed by atoms with Crippen LogP contribution >= 0.6 is 0 Å². The fourth-order valence-electron chi connectivity index (χ4n) is 1.29. The maximum absolute atomic E-state index is 12.6. The maximum atomic E-state index is 12.6. The summed E-state index contributed by atoms with van der Waals surface area (Å²) in [7, 11) is 0. The molecule has 0 aromatic carbocycles. The van der Waals surface area contributed by atoms with Gasteiger partial charge >= 0.3 is 0 Å². The SMILES string of the molecule is CC/C=C(\OCCN)N1CC(F)(F)C1. The van der Waals surface area contributed by atoms with Crippen molar-refractivity contribution >= 4 is 0 Å². The van der Waals surface area contributed by atoms with Crippen LogP contribution in [0.1, 0.15) is 13.3 Å². The first kappa shape index (κ1) is 11.2. The van der Waals surface area contributed by atoms with Gasteiger partial charge in [0.05, 0.1) is 13.1 Å². The highest BCUT2D eigenvalue weighted by atomic mass is 19.3. The summed E-state index contributed by atoms with van der Waals surface area (Å²) in [4.78, 5) is 1.53. The van der Waals surface area contributed by atoms with Gasteiger partial charge in [-0.3, -0.25) is 0 Å². The second kappa shape index (κ2) is 4.59. The van der Waals surface area contributed by atoms with Crippen LogP contribution in [-0.4, -0.2) is 37.1 Å². The lowest BCUT2D eigenvalue weighted by atomic mass is 10.1. The van der Waals surface area contributed by atoms with Crippen LogP contribution in [0.4, 0.5) is 8.78 Å². The molecule has 1 heterocycles. The molecule has 1 fully saturated rings. The molecule has 0 spiro atoms. The van der Waals surface area contributed by atoms with Crippen LogP contribution in [0.2, 0.25) is 0 Å². The van der Waals surface area contributed by atoms with E-state index in [0.29, 0.717) is 19.0 Å². The lowest BCUT2D eigenvalue weighted by Gasteiger charge is -2.41. The second-order valence-corrected chi connectivity index (χ2v) is 3.30. The molecule has 0 bridgehead atoms. The quantitative estimate of drug-likeness (QED) is 0.686. The normalized spacial score (nSPS) is 20.6. The Morgan fingerprint density at radius 2 is 2.21 bits per heavy atom. The molecule has 1 aliphatic rings. The van der Waals surface area contributed by atoms with Crippen molar-refractivity contribution in [1.82, 2.24) is 4.90 Å². The van der Waals surface area contributed by atoms with Crippen molar-refractivity contribution in [2.75, 3.05) is 26.2 Å². The van der Waals surface area contributed by atoms with Crippen LogP contribution in [0.3, 0.4) is 0 Å². The highest BCUT2D eigenvalue weighted by Gasteiger charge is 2.45. The number of hydrogen-bond acceptors (Lipinski definition) is 3. The third kappa shape index (κ3) is 2.83. The number of nitrogens with two attached hydrogens (primary N) is 1. The van der Waals surface area contributed by atoms with Gasteiger partial charge in [-0.05, 0) is 12.5 Å². The monoisotopic (exact) mass is 206 g/mol. The topological polar surface area (TPSA) is 38.5 Å². The predicted octanol–water partition coefficient (Wildman–Crippen LogP) is 1.16. The van der Waals surface area contributed by atoms with Crippen LogP contribution in [-0.2, 0) is 4.74 Å². The van der Waals surface area contributed by atoms with E-state index in [1.807, 2.05) is 6.92 Å². The van der Waals surface area contributed by atoms with Crippen molar-refractivity contribution in [2.45, 2.75) is 19.3 Å². The number of rotatable bonds is 5. The van der Waals surface area contributed by atoms with Crippen molar-refractivity contribution < 1.29 is 13.5 Å². The molecule has 0 unspecified atom stereocenters. The molecule has 0 atom stereocenters. The average molecular weight is 206 g/mol. The van der Waals surface area contributed by atoms with E-state index in [0.717, 1.165) is 6.42 Å². The smallest absolute Gasteiger partial charge is 0.282 e. The largest absolute Gasteiger partial charge is 0.478 e. The minimum Gasteiger partial charge on any atom is -0.478 e. The van der Waals surface area contributed by atoms with Gasteiger partial charge in [-0.15, -0.1) is 0 Å². The van der Waals surface area contributed by atoms with Crippen LogP contribution < -0.4 is 5.73 Å². The molecule has 1 rings (SSSR count). The number of hydrogen-bond donors (Lipinski definition) is 1. The molecule has 0 radical (unpaired) electrons. The Bertz CT molecular complexity index is 211. The van der Waals surface area contributed by atoms with Gasteiger partial charge in [-0.25, -0.2) is 8.78 Å². The predicted molar refractivity (Wildman–Crippen MR) is 49.9 cm³/mol. The minimum absolute atomic E-state index is 0.247.